The van der Waals surface area contributed by atoms with Gasteiger partial charge in [0, 0.05) is 12.6 Å². The van der Waals surface area contributed by atoms with Crippen LogP contribution in [0.3, 0.4) is 0 Å². The third-order valence-corrected chi connectivity index (χ3v) is 4.15. The summed E-state index contributed by atoms with van der Waals surface area (Å²) in [6.45, 7) is 2.45. The minimum Gasteiger partial charge on any atom is -0.496 e. The summed E-state index contributed by atoms with van der Waals surface area (Å²) < 4.78 is 6.58. The van der Waals surface area contributed by atoms with Crippen molar-refractivity contribution in [3.8, 4) is 11.4 Å². The maximum Gasteiger partial charge on any atom is 0.271 e. The van der Waals surface area contributed by atoms with E-state index in [1.54, 1.807) is 19.2 Å². The molecule has 138 valence electrons. The number of nitrogens with one attached hydrogen (secondary N) is 1. The van der Waals surface area contributed by atoms with Gasteiger partial charge < -0.3 is 10.1 Å². The lowest BCUT2D eigenvalue weighted by Gasteiger charge is -2.11. The highest BCUT2D eigenvalue weighted by Gasteiger charge is 2.11. The molecule has 0 atom stereocenters. The van der Waals surface area contributed by atoms with Crippen molar-refractivity contribution in [3.63, 3.8) is 0 Å². The zero-order valence-electron chi connectivity index (χ0n) is 15.3. The van der Waals surface area contributed by atoms with Gasteiger partial charge in [-0.25, -0.2) is 0 Å². The van der Waals surface area contributed by atoms with Gasteiger partial charge in [-0.2, -0.15) is 9.78 Å². The number of hydrogen-bond acceptors (Lipinski definition) is 4. The zero-order chi connectivity index (χ0) is 19.2. The lowest BCUT2D eigenvalue weighted by Crippen LogP contribution is -2.30. The predicted molar refractivity (Wildman–Crippen MR) is 104 cm³/mol. The minimum absolute atomic E-state index is 0.190. The molecule has 1 aromatic heterocycles. The number of carbonyl (C=O) groups is 1. The summed E-state index contributed by atoms with van der Waals surface area (Å²) in [7, 11) is 1.63. The number of carbonyl (C=O) groups excluding carboxylic acids is 1. The third-order valence-electron chi connectivity index (χ3n) is 4.15. The highest BCUT2D eigenvalue weighted by Crippen LogP contribution is 2.19. The van der Waals surface area contributed by atoms with E-state index in [9.17, 15) is 9.59 Å². The Morgan fingerprint density at radius 3 is 2.63 bits per heavy atom. The molecule has 0 aliphatic rings. The molecular formula is C21H21N3O3. The molecule has 3 aromatic rings. The molecule has 1 amide bonds. The summed E-state index contributed by atoms with van der Waals surface area (Å²) in [5, 5.41) is 7.03. The van der Waals surface area contributed by atoms with E-state index in [2.05, 4.69) is 10.4 Å². The number of rotatable bonds is 6. The molecule has 6 nitrogen and oxygen atoms in total. The van der Waals surface area contributed by atoms with E-state index in [0.29, 0.717) is 18.7 Å². The van der Waals surface area contributed by atoms with Gasteiger partial charge in [0.2, 0.25) is 0 Å². The number of amides is 1. The molecule has 0 bridgehead atoms. The van der Waals surface area contributed by atoms with Gasteiger partial charge in [-0.3, -0.25) is 9.59 Å². The van der Waals surface area contributed by atoms with Crippen LogP contribution in [-0.4, -0.2) is 29.3 Å². The molecule has 0 saturated carbocycles. The number of para-hydroxylation sites is 1. The number of benzene rings is 2. The largest absolute Gasteiger partial charge is 0.496 e. The second-order valence-electron chi connectivity index (χ2n) is 6.13. The SMILES string of the molecule is COc1ccc(C)cc1CCNC(=O)c1ccc(=O)n(-c2ccccc2)n1. The average Bonchev–Trinajstić information content (AvgIpc) is 2.69. The van der Waals surface area contributed by atoms with E-state index >= 15 is 0 Å². The summed E-state index contributed by atoms with van der Waals surface area (Å²) in [5.74, 6) is 0.469. The van der Waals surface area contributed by atoms with Crippen LogP contribution < -0.4 is 15.6 Å². The van der Waals surface area contributed by atoms with Crippen LogP contribution in [-0.2, 0) is 6.42 Å². The van der Waals surface area contributed by atoms with Gasteiger partial charge in [-0.15, -0.1) is 0 Å². The molecule has 0 aliphatic carbocycles. The van der Waals surface area contributed by atoms with Crippen LogP contribution in [0.25, 0.3) is 5.69 Å². The Balaban J connectivity index is 1.70. The van der Waals surface area contributed by atoms with Crippen LogP contribution in [0.1, 0.15) is 21.6 Å². The van der Waals surface area contributed by atoms with Crippen LogP contribution in [0.2, 0.25) is 0 Å². The Hall–Kier alpha value is -3.41. The molecule has 0 unspecified atom stereocenters. The predicted octanol–water partition coefficient (Wildman–Crippen LogP) is 2.52. The van der Waals surface area contributed by atoms with Gasteiger partial charge in [0.1, 0.15) is 11.4 Å². The minimum atomic E-state index is -0.327. The maximum absolute atomic E-state index is 12.4. The number of aryl methyl sites for hydroxylation is 1. The van der Waals surface area contributed by atoms with Crippen molar-refractivity contribution < 1.29 is 9.53 Å². The quantitative estimate of drug-likeness (QED) is 0.730. The second-order valence-corrected chi connectivity index (χ2v) is 6.13. The Morgan fingerprint density at radius 1 is 1.11 bits per heavy atom. The molecule has 0 fully saturated rings. The standard InChI is InChI=1S/C21H21N3O3/c1-15-8-10-19(27-2)16(14-15)12-13-22-21(26)18-9-11-20(25)24(23-18)17-6-4-3-5-7-17/h3-11,14H,12-13H2,1-2H3,(H,22,26). The van der Waals surface area contributed by atoms with Crippen molar-refractivity contribution in [2.24, 2.45) is 0 Å². The summed E-state index contributed by atoms with van der Waals surface area (Å²) in [5.41, 5.74) is 2.67. The third kappa shape index (κ3) is 4.41. The number of hydrogen-bond donors (Lipinski definition) is 1. The van der Waals surface area contributed by atoms with Gasteiger partial charge in [0.05, 0.1) is 12.8 Å². The fourth-order valence-corrected chi connectivity index (χ4v) is 2.79. The number of aromatic nitrogens is 2. The monoisotopic (exact) mass is 363 g/mol. The van der Waals surface area contributed by atoms with Gasteiger partial charge in [0.25, 0.3) is 11.5 Å². The first-order chi connectivity index (χ1) is 13.1. The fraction of sp³-hybridized carbons (Fsp3) is 0.190. The topological polar surface area (TPSA) is 73.2 Å². The van der Waals surface area contributed by atoms with E-state index in [-0.39, 0.29) is 17.2 Å². The molecule has 0 saturated heterocycles. The highest BCUT2D eigenvalue weighted by atomic mass is 16.5. The molecular weight excluding hydrogens is 342 g/mol. The summed E-state index contributed by atoms with van der Waals surface area (Å²) in [6.07, 6.45) is 0.634. The van der Waals surface area contributed by atoms with Crippen molar-refractivity contribution in [1.82, 2.24) is 15.1 Å². The molecule has 0 aliphatic heterocycles. The lowest BCUT2D eigenvalue weighted by atomic mass is 10.1. The number of ether oxygens (including phenoxy) is 1. The molecule has 6 heteroatoms. The molecule has 0 radical (unpaired) electrons. The fourth-order valence-electron chi connectivity index (χ4n) is 2.79. The van der Waals surface area contributed by atoms with Crippen molar-refractivity contribution in [3.05, 3.63) is 87.8 Å². The molecule has 27 heavy (non-hydrogen) atoms. The first-order valence-electron chi connectivity index (χ1n) is 8.66. The van der Waals surface area contributed by atoms with Gasteiger partial charge in [-0.05, 0) is 43.2 Å². The summed E-state index contributed by atoms with van der Waals surface area (Å²) >= 11 is 0. The van der Waals surface area contributed by atoms with Crippen LogP contribution in [0.15, 0.2) is 65.5 Å². The Labute approximate surface area is 157 Å². The molecule has 1 heterocycles. The van der Waals surface area contributed by atoms with E-state index in [1.807, 2.05) is 43.3 Å². The molecule has 3 rings (SSSR count). The van der Waals surface area contributed by atoms with E-state index in [1.165, 1.54) is 16.8 Å². The average molecular weight is 363 g/mol. The first-order valence-corrected chi connectivity index (χ1v) is 8.66. The van der Waals surface area contributed by atoms with Crippen LogP contribution in [0, 0.1) is 6.92 Å². The van der Waals surface area contributed by atoms with E-state index in [0.717, 1.165) is 16.9 Å². The zero-order valence-corrected chi connectivity index (χ0v) is 15.3. The normalized spacial score (nSPS) is 10.4. The van der Waals surface area contributed by atoms with Crippen molar-refractivity contribution in [2.75, 3.05) is 13.7 Å². The first kappa shape index (κ1) is 18.4. The van der Waals surface area contributed by atoms with Crippen LogP contribution >= 0.6 is 0 Å². The molecule has 1 N–H and O–H groups in total. The molecule has 0 spiro atoms. The molecule has 2 aromatic carbocycles. The summed E-state index contributed by atoms with van der Waals surface area (Å²) in [4.78, 5) is 24.5. The van der Waals surface area contributed by atoms with Crippen LogP contribution in [0.4, 0.5) is 0 Å². The van der Waals surface area contributed by atoms with Gasteiger partial charge >= 0.3 is 0 Å². The summed E-state index contributed by atoms with van der Waals surface area (Å²) in [6, 6.07) is 17.7. The Morgan fingerprint density at radius 2 is 1.89 bits per heavy atom. The number of nitrogens with zero attached hydrogens (tertiary/aromatic N) is 2. The Bertz CT molecular complexity index is 997. The number of methoxy groups -OCH3 is 1. The second kappa shape index (κ2) is 8.31. The van der Waals surface area contributed by atoms with E-state index < -0.39 is 0 Å². The van der Waals surface area contributed by atoms with Gasteiger partial charge in [-0.1, -0.05) is 35.9 Å². The van der Waals surface area contributed by atoms with Crippen LogP contribution in [0.5, 0.6) is 5.75 Å². The van der Waals surface area contributed by atoms with Crippen molar-refractivity contribution in [1.29, 1.82) is 0 Å². The highest BCUT2D eigenvalue weighted by molar-refractivity contribution is 5.92. The van der Waals surface area contributed by atoms with Crippen molar-refractivity contribution >= 4 is 5.91 Å². The van der Waals surface area contributed by atoms with Gasteiger partial charge in [0.15, 0.2) is 0 Å². The van der Waals surface area contributed by atoms with Crippen molar-refractivity contribution in [2.45, 2.75) is 13.3 Å². The maximum atomic E-state index is 12.4. The van der Waals surface area contributed by atoms with E-state index in [4.69, 9.17) is 4.74 Å². The Kier molecular flexibility index (Phi) is 5.66. The smallest absolute Gasteiger partial charge is 0.271 e. The lowest BCUT2D eigenvalue weighted by molar-refractivity contribution is 0.0947.